The van der Waals surface area contributed by atoms with Gasteiger partial charge in [-0.25, -0.2) is 0 Å². The van der Waals surface area contributed by atoms with E-state index in [-0.39, 0.29) is 144 Å². The minimum atomic E-state index is -1.32. The predicted octanol–water partition coefficient (Wildman–Crippen LogP) is 0.415. The van der Waals surface area contributed by atoms with Crippen LogP contribution in [0.2, 0.25) is 0 Å². The number of ether oxygens (including phenoxy) is 4. The number of guanidine groups is 3. The van der Waals surface area contributed by atoms with Gasteiger partial charge in [-0.05, 0) is 138 Å². The van der Waals surface area contributed by atoms with E-state index in [4.69, 9.17) is 59.1 Å². The Labute approximate surface area is 532 Å². The fourth-order valence-electron chi connectivity index (χ4n) is 8.93. The van der Waals surface area contributed by atoms with Crippen molar-refractivity contribution in [2.45, 2.75) is 95.8 Å². The van der Waals surface area contributed by atoms with Crippen molar-refractivity contribution in [1.29, 1.82) is 0 Å². The molecule has 498 valence electrons. The van der Waals surface area contributed by atoms with Crippen molar-refractivity contribution >= 4 is 93.8 Å². The molecule has 0 bridgehead atoms. The Morgan fingerprint density at radius 3 is 1.00 bits per heavy atom. The molecular weight excluding hydrogens is 1190 g/mol. The number of unbranched alkanes of at least 4 members (excludes halogenated alkanes) is 2. The first kappa shape index (κ1) is 73.5. The van der Waals surface area contributed by atoms with E-state index in [1.165, 1.54) is 115 Å². The van der Waals surface area contributed by atoms with Gasteiger partial charge < -0.3 is 107 Å². The number of aliphatic imine (C=N–C) groups is 3. The third-order valence-electron chi connectivity index (χ3n) is 13.5. The summed E-state index contributed by atoms with van der Waals surface area (Å²) in [6.07, 6.45) is 2.92. The Hall–Kier alpha value is -10.9. The highest BCUT2D eigenvalue weighted by molar-refractivity contribution is 6.08. The van der Waals surface area contributed by atoms with Gasteiger partial charge in [0.15, 0.2) is 17.9 Å². The second-order valence-electron chi connectivity index (χ2n) is 20.6. The van der Waals surface area contributed by atoms with Crippen molar-refractivity contribution in [3.05, 3.63) is 95.1 Å². The minimum absolute atomic E-state index is 0.00604. The number of rotatable bonds is 37. The van der Waals surface area contributed by atoms with Crippen LogP contribution in [0.25, 0.3) is 0 Å². The van der Waals surface area contributed by atoms with Crippen molar-refractivity contribution < 1.29 is 62.1 Å². The fourth-order valence-corrected chi connectivity index (χ4v) is 8.93. The number of hydrogen-bond donors (Lipinski definition) is 16. The standard InChI is InChI=1S/C60H85N19O13/c1-33(72-34(2)80)50(81)73-35-16-21-47(90-4)40(30-35)52(83)77-44(14-11-27-70-59(64)65)56(87)75-37-18-23-49(92-6)42(32-37)54(85)79-45(15-12-28-71-60(66)67)57(88)76-38-19-22-48(91-5)41(31-38)53(84)78-43(13-10-26-69-58(62)63)55(86)74-36-17-20-46(89-3)39(29-36)51(82)68-25-9-7-8-24-61/h16-23,29-33,43-45H,7-15,24-28,61H2,1-6H3,(H,68,82)(H,72,80)(H,73,81)(H,74,86)(H,75,87)(H,76,88)(H,77,83)(H,78,84)(H,79,85)(H4,62,63,69)(H4,64,65,70)(H4,66,67,71)/t33-,43-,44-,45-/m1/s1. The Bertz CT molecular complexity index is 3330. The summed E-state index contributed by atoms with van der Waals surface area (Å²) in [5, 5.41) is 24.4. The number of nitrogens with two attached hydrogens (primary N) is 7. The average Bonchev–Trinajstić information content (AvgIpc) is 1.08. The largest absolute Gasteiger partial charge is 0.496 e. The molecule has 0 aliphatic carbocycles. The summed E-state index contributed by atoms with van der Waals surface area (Å²) >= 11 is 0. The first-order chi connectivity index (χ1) is 43.9. The van der Waals surface area contributed by atoms with E-state index in [0.29, 0.717) is 19.5 Å². The first-order valence-electron chi connectivity index (χ1n) is 29.2. The molecule has 32 nitrogen and oxygen atoms in total. The summed E-state index contributed by atoms with van der Waals surface area (Å²) in [6.45, 7) is 3.91. The molecule has 0 saturated heterocycles. The van der Waals surface area contributed by atoms with Gasteiger partial charge in [-0.2, -0.15) is 0 Å². The highest BCUT2D eigenvalue weighted by Gasteiger charge is 2.29. The molecule has 0 unspecified atom stereocenters. The lowest BCUT2D eigenvalue weighted by atomic mass is 10.1. The SMILES string of the molecule is COc1ccc(NC(=O)[C@@H](CCCN=C(N)N)NC(=O)c2cc(NC(=O)[C@@H](CCCN=C(N)N)NC(=O)c3cc(NC(=O)[C@@H](CCCN=C(N)N)NC(=O)c4cc(NC(=O)[C@@H](C)NC(C)=O)ccc4OC)ccc3OC)ccc2OC)cc1C(=O)NCCCCCN. The van der Waals surface area contributed by atoms with Gasteiger partial charge in [0, 0.05) is 55.9 Å². The zero-order valence-corrected chi connectivity index (χ0v) is 52.3. The van der Waals surface area contributed by atoms with E-state index < -0.39 is 77.3 Å². The summed E-state index contributed by atoms with van der Waals surface area (Å²) in [7, 11) is 5.35. The van der Waals surface area contributed by atoms with Crippen molar-refractivity contribution in [3.63, 3.8) is 0 Å². The number of nitrogens with one attached hydrogen (secondary N) is 9. The molecule has 0 aliphatic heterocycles. The zero-order valence-electron chi connectivity index (χ0n) is 52.3. The Morgan fingerprint density at radius 1 is 0.413 bits per heavy atom. The van der Waals surface area contributed by atoms with E-state index in [1.54, 1.807) is 0 Å². The van der Waals surface area contributed by atoms with Crippen LogP contribution in [0.4, 0.5) is 22.7 Å². The molecular formula is C60H85N19O13. The highest BCUT2D eigenvalue weighted by atomic mass is 16.5. The minimum Gasteiger partial charge on any atom is -0.496 e. The molecule has 0 aromatic heterocycles. The molecule has 0 fully saturated rings. The third-order valence-corrected chi connectivity index (χ3v) is 13.5. The van der Waals surface area contributed by atoms with E-state index >= 15 is 0 Å². The summed E-state index contributed by atoms with van der Waals surface area (Å²) in [5.41, 5.74) is 39.3. The number of methoxy groups -OCH3 is 4. The number of hydrogen-bond acceptors (Lipinski definition) is 17. The monoisotopic (exact) mass is 1280 g/mol. The van der Waals surface area contributed by atoms with Gasteiger partial charge in [-0.3, -0.25) is 58.1 Å². The van der Waals surface area contributed by atoms with Gasteiger partial charge in [-0.15, -0.1) is 0 Å². The van der Waals surface area contributed by atoms with Crippen molar-refractivity contribution in [1.82, 2.24) is 26.6 Å². The van der Waals surface area contributed by atoms with Gasteiger partial charge in [0.25, 0.3) is 23.6 Å². The molecule has 92 heavy (non-hydrogen) atoms. The Morgan fingerprint density at radius 2 is 0.717 bits per heavy atom. The van der Waals surface area contributed by atoms with E-state index in [9.17, 15) is 43.2 Å². The van der Waals surface area contributed by atoms with E-state index in [2.05, 4.69) is 62.8 Å². The Balaban J connectivity index is 1.61. The maximum Gasteiger partial charge on any atom is 0.255 e. The summed E-state index contributed by atoms with van der Waals surface area (Å²) in [6, 6.07) is 12.3. The molecule has 0 aliphatic rings. The molecule has 23 N–H and O–H groups in total. The molecule has 4 atom stereocenters. The lowest BCUT2D eigenvalue weighted by Gasteiger charge is -2.21. The van der Waals surface area contributed by atoms with Gasteiger partial charge >= 0.3 is 0 Å². The molecule has 9 amide bonds. The maximum absolute atomic E-state index is 14.4. The second kappa shape index (κ2) is 37.8. The van der Waals surface area contributed by atoms with Crippen molar-refractivity contribution in [2.75, 3.05) is 82.4 Å². The van der Waals surface area contributed by atoms with Crippen LogP contribution in [0.3, 0.4) is 0 Å². The fraction of sp³-hybridized carbons (Fsp3) is 0.400. The molecule has 32 heteroatoms. The molecule has 0 heterocycles. The van der Waals surface area contributed by atoms with Gasteiger partial charge in [0.05, 0.1) is 50.7 Å². The van der Waals surface area contributed by atoms with Gasteiger partial charge in [-0.1, -0.05) is 6.42 Å². The predicted molar refractivity (Wildman–Crippen MR) is 349 cm³/mol. The topological polar surface area (TPSA) is 518 Å². The number of anilines is 4. The molecule has 4 aromatic carbocycles. The first-order valence-corrected chi connectivity index (χ1v) is 29.2. The van der Waals surface area contributed by atoms with Crippen LogP contribution in [-0.2, 0) is 24.0 Å². The van der Waals surface area contributed by atoms with E-state index in [0.717, 1.165) is 12.8 Å². The smallest absolute Gasteiger partial charge is 0.255 e. The molecule has 4 rings (SSSR count). The number of amides is 9. The average molecular weight is 1280 g/mol. The van der Waals surface area contributed by atoms with Gasteiger partial charge in [0.2, 0.25) is 29.5 Å². The van der Waals surface area contributed by atoms with Gasteiger partial charge in [0.1, 0.15) is 47.2 Å². The van der Waals surface area contributed by atoms with Crippen LogP contribution in [0, 0.1) is 0 Å². The summed E-state index contributed by atoms with van der Waals surface area (Å²) in [4.78, 5) is 135. The summed E-state index contributed by atoms with van der Waals surface area (Å²) in [5.74, 6) is -6.17. The lowest BCUT2D eigenvalue weighted by molar-refractivity contribution is -0.124. The van der Waals surface area contributed by atoms with Crippen LogP contribution < -0.4 is 107 Å². The van der Waals surface area contributed by atoms with Crippen LogP contribution in [0.15, 0.2) is 87.8 Å². The highest BCUT2D eigenvalue weighted by Crippen LogP contribution is 2.28. The Kier molecular flexibility index (Phi) is 30.2. The summed E-state index contributed by atoms with van der Waals surface area (Å²) < 4.78 is 21.9. The number of carbonyl (C=O) groups is 9. The maximum atomic E-state index is 14.4. The van der Waals surface area contributed by atoms with Crippen LogP contribution in [-0.4, -0.2) is 156 Å². The number of benzene rings is 4. The molecule has 0 saturated carbocycles. The lowest BCUT2D eigenvalue weighted by Crippen LogP contribution is -2.44. The van der Waals surface area contributed by atoms with Crippen molar-refractivity contribution in [3.8, 4) is 23.0 Å². The quantitative estimate of drug-likeness (QED) is 0.0165. The molecule has 0 radical (unpaired) electrons. The normalized spacial score (nSPS) is 11.9. The van der Waals surface area contributed by atoms with Crippen LogP contribution in [0.5, 0.6) is 23.0 Å². The van der Waals surface area contributed by atoms with Crippen LogP contribution in [0.1, 0.15) is 113 Å². The second-order valence-corrected chi connectivity index (χ2v) is 20.6. The van der Waals surface area contributed by atoms with E-state index in [1.807, 2.05) is 0 Å². The molecule has 0 spiro atoms. The zero-order chi connectivity index (χ0) is 67.9. The number of nitrogens with zero attached hydrogens (tertiary/aromatic N) is 3. The van der Waals surface area contributed by atoms with Crippen LogP contribution >= 0.6 is 0 Å². The number of carbonyl (C=O) groups excluding carboxylic acids is 9. The molecule has 4 aromatic rings. The van der Waals surface area contributed by atoms with Crippen molar-refractivity contribution in [2.24, 2.45) is 55.1 Å². The third kappa shape index (κ3) is 24.2.